The van der Waals surface area contributed by atoms with Gasteiger partial charge in [0.05, 0.1) is 0 Å². The van der Waals surface area contributed by atoms with Crippen LogP contribution in [0.25, 0.3) is 6.08 Å². The Morgan fingerprint density at radius 2 is 1.80 bits per heavy atom. The maximum absolute atomic E-state index is 13.3. The highest BCUT2D eigenvalue weighted by molar-refractivity contribution is 5.88. The number of aryl methyl sites for hydroxylation is 2. The number of hydrogen-bond donors (Lipinski definition) is 0. The van der Waals surface area contributed by atoms with Crippen molar-refractivity contribution in [2.24, 2.45) is 0 Å². The van der Waals surface area contributed by atoms with Gasteiger partial charge in [-0.3, -0.25) is 0 Å². The van der Waals surface area contributed by atoms with Crippen molar-refractivity contribution in [3.05, 3.63) is 71.0 Å². The molecule has 0 heterocycles. The van der Waals surface area contributed by atoms with Crippen LogP contribution in [-0.2, 0) is 4.79 Å². The standard InChI is InChI=1S/C17H15FO2/c1-12-3-8-15(9-4-12)20-17(19)10-7-14-6-5-13(2)16(18)11-14/h3-11H,1-2H3/b10-7+. The van der Waals surface area contributed by atoms with E-state index in [1.807, 2.05) is 19.1 Å². The third kappa shape index (κ3) is 3.79. The molecule has 0 unspecified atom stereocenters. The summed E-state index contributed by atoms with van der Waals surface area (Å²) in [6.07, 6.45) is 2.81. The Bertz CT molecular complexity index is 643. The van der Waals surface area contributed by atoms with Crippen LogP contribution >= 0.6 is 0 Å². The molecule has 2 rings (SSSR count). The number of ether oxygens (including phenoxy) is 1. The van der Waals surface area contributed by atoms with Crippen molar-refractivity contribution in [1.29, 1.82) is 0 Å². The number of halogens is 1. The van der Waals surface area contributed by atoms with E-state index in [1.54, 1.807) is 31.2 Å². The first kappa shape index (κ1) is 14.0. The van der Waals surface area contributed by atoms with Gasteiger partial charge in [-0.2, -0.15) is 0 Å². The summed E-state index contributed by atoms with van der Waals surface area (Å²) in [7, 11) is 0. The van der Waals surface area contributed by atoms with Crippen LogP contribution in [0.1, 0.15) is 16.7 Å². The fraction of sp³-hybridized carbons (Fsp3) is 0.118. The van der Waals surface area contributed by atoms with E-state index in [9.17, 15) is 9.18 Å². The highest BCUT2D eigenvalue weighted by Gasteiger charge is 2.01. The first-order chi connectivity index (χ1) is 9.54. The largest absolute Gasteiger partial charge is 0.423 e. The van der Waals surface area contributed by atoms with Gasteiger partial charge in [0.2, 0.25) is 0 Å². The molecular formula is C17H15FO2. The zero-order valence-corrected chi connectivity index (χ0v) is 11.4. The van der Waals surface area contributed by atoms with Gasteiger partial charge >= 0.3 is 5.97 Å². The van der Waals surface area contributed by atoms with Crippen LogP contribution in [0.2, 0.25) is 0 Å². The smallest absolute Gasteiger partial charge is 0.336 e. The lowest BCUT2D eigenvalue weighted by molar-refractivity contribution is -0.128. The summed E-state index contributed by atoms with van der Waals surface area (Å²) in [5.74, 6) is -0.297. The number of rotatable bonds is 3. The SMILES string of the molecule is Cc1ccc(OC(=O)/C=C/c2ccc(C)c(F)c2)cc1. The summed E-state index contributed by atoms with van der Waals surface area (Å²) in [5, 5.41) is 0. The topological polar surface area (TPSA) is 26.3 Å². The van der Waals surface area contributed by atoms with Gasteiger partial charge in [-0.25, -0.2) is 9.18 Å². The summed E-state index contributed by atoms with van der Waals surface area (Å²) in [6, 6.07) is 12.0. The summed E-state index contributed by atoms with van der Waals surface area (Å²) < 4.78 is 18.5. The first-order valence-corrected chi connectivity index (χ1v) is 6.27. The van der Waals surface area contributed by atoms with Crippen LogP contribution < -0.4 is 4.74 Å². The minimum absolute atomic E-state index is 0.293. The second kappa shape index (κ2) is 6.15. The lowest BCUT2D eigenvalue weighted by Gasteiger charge is -2.01. The zero-order chi connectivity index (χ0) is 14.5. The van der Waals surface area contributed by atoms with Gasteiger partial charge in [-0.15, -0.1) is 0 Å². The van der Waals surface area contributed by atoms with Gasteiger partial charge in [0.15, 0.2) is 0 Å². The van der Waals surface area contributed by atoms with E-state index in [0.717, 1.165) is 5.56 Å². The number of carbonyl (C=O) groups excluding carboxylic acids is 1. The highest BCUT2D eigenvalue weighted by Crippen LogP contribution is 2.13. The van der Waals surface area contributed by atoms with E-state index in [1.165, 1.54) is 18.2 Å². The molecule has 0 fully saturated rings. The monoisotopic (exact) mass is 270 g/mol. The summed E-state index contributed by atoms with van der Waals surface area (Å²) in [6.45, 7) is 3.64. The molecule has 2 aromatic carbocycles. The molecule has 0 radical (unpaired) electrons. The Hall–Kier alpha value is -2.42. The molecule has 0 aliphatic rings. The van der Waals surface area contributed by atoms with Crippen molar-refractivity contribution >= 4 is 12.0 Å². The minimum atomic E-state index is -0.491. The zero-order valence-electron chi connectivity index (χ0n) is 11.4. The van der Waals surface area contributed by atoms with Crippen LogP contribution in [0.3, 0.4) is 0 Å². The van der Waals surface area contributed by atoms with Crippen LogP contribution in [0.15, 0.2) is 48.5 Å². The molecular weight excluding hydrogens is 255 g/mol. The third-order valence-corrected chi connectivity index (χ3v) is 2.85. The quantitative estimate of drug-likeness (QED) is 0.477. The molecule has 0 aliphatic heterocycles. The molecule has 0 bridgehead atoms. The van der Waals surface area contributed by atoms with Crippen molar-refractivity contribution in [2.45, 2.75) is 13.8 Å². The Morgan fingerprint density at radius 3 is 2.45 bits per heavy atom. The van der Waals surface area contributed by atoms with Crippen molar-refractivity contribution in [3.8, 4) is 5.75 Å². The highest BCUT2D eigenvalue weighted by atomic mass is 19.1. The van der Waals surface area contributed by atoms with E-state index in [4.69, 9.17) is 4.74 Å². The number of carbonyl (C=O) groups is 1. The molecule has 0 spiro atoms. The lowest BCUT2D eigenvalue weighted by atomic mass is 10.1. The normalized spacial score (nSPS) is 10.8. The minimum Gasteiger partial charge on any atom is -0.423 e. The van der Waals surface area contributed by atoms with Crippen molar-refractivity contribution in [1.82, 2.24) is 0 Å². The van der Waals surface area contributed by atoms with Crippen molar-refractivity contribution in [3.63, 3.8) is 0 Å². The Labute approximate surface area is 117 Å². The molecule has 3 heteroatoms. The van der Waals surface area contributed by atoms with E-state index in [2.05, 4.69) is 0 Å². The van der Waals surface area contributed by atoms with E-state index < -0.39 is 5.97 Å². The molecule has 0 atom stereocenters. The van der Waals surface area contributed by atoms with Crippen LogP contribution in [0.4, 0.5) is 4.39 Å². The van der Waals surface area contributed by atoms with E-state index >= 15 is 0 Å². The van der Waals surface area contributed by atoms with Crippen LogP contribution in [-0.4, -0.2) is 5.97 Å². The van der Waals surface area contributed by atoms with Gasteiger partial charge in [-0.1, -0.05) is 29.8 Å². The van der Waals surface area contributed by atoms with E-state index in [0.29, 0.717) is 16.9 Å². The molecule has 0 aliphatic carbocycles. The molecule has 2 nitrogen and oxygen atoms in total. The molecule has 0 N–H and O–H groups in total. The predicted octanol–water partition coefficient (Wildman–Crippen LogP) is 4.06. The van der Waals surface area contributed by atoms with Gasteiger partial charge in [0, 0.05) is 6.08 Å². The number of benzene rings is 2. The maximum atomic E-state index is 13.3. The molecule has 2 aromatic rings. The molecule has 0 aromatic heterocycles. The van der Waals surface area contributed by atoms with Crippen molar-refractivity contribution < 1.29 is 13.9 Å². The average Bonchev–Trinajstić information content (AvgIpc) is 2.43. The number of esters is 1. The second-order valence-electron chi connectivity index (χ2n) is 4.58. The summed E-state index contributed by atoms with van der Waals surface area (Å²) in [4.78, 5) is 11.6. The van der Waals surface area contributed by atoms with Gasteiger partial charge in [-0.05, 0) is 49.2 Å². The molecule has 20 heavy (non-hydrogen) atoms. The van der Waals surface area contributed by atoms with Crippen LogP contribution in [0, 0.1) is 19.7 Å². The van der Waals surface area contributed by atoms with Crippen molar-refractivity contribution in [2.75, 3.05) is 0 Å². The first-order valence-electron chi connectivity index (χ1n) is 6.27. The summed E-state index contributed by atoms with van der Waals surface area (Å²) >= 11 is 0. The second-order valence-corrected chi connectivity index (χ2v) is 4.58. The molecule has 0 saturated carbocycles. The fourth-order valence-electron chi connectivity index (χ4n) is 1.63. The van der Waals surface area contributed by atoms with E-state index in [-0.39, 0.29) is 5.82 Å². The lowest BCUT2D eigenvalue weighted by Crippen LogP contribution is -2.03. The van der Waals surface area contributed by atoms with Gasteiger partial charge in [0.1, 0.15) is 11.6 Å². The molecule has 102 valence electrons. The van der Waals surface area contributed by atoms with Gasteiger partial charge in [0.25, 0.3) is 0 Å². The Morgan fingerprint density at radius 1 is 1.10 bits per heavy atom. The van der Waals surface area contributed by atoms with Crippen LogP contribution in [0.5, 0.6) is 5.75 Å². The third-order valence-electron chi connectivity index (χ3n) is 2.85. The fourth-order valence-corrected chi connectivity index (χ4v) is 1.63. The molecule has 0 amide bonds. The summed E-state index contributed by atoms with van der Waals surface area (Å²) in [5.41, 5.74) is 2.29. The Balaban J connectivity index is 2.01. The average molecular weight is 270 g/mol. The predicted molar refractivity (Wildman–Crippen MR) is 77.0 cm³/mol. The molecule has 0 saturated heterocycles. The number of hydrogen-bond acceptors (Lipinski definition) is 2. The van der Waals surface area contributed by atoms with Gasteiger partial charge < -0.3 is 4.74 Å². The Kier molecular flexibility index (Phi) is 4.31. The maximum Gasteiger partial charge on any atom is 0.336 e.